The maximum Gasteiger partial charge on any atom is 0.301 e. The van der Waals surface area contributed by atoms with E-state index in [0.29, 0.717) is 0 Å². The Kier molecular flexibility index (Phi) is 7.03. The Hall–Kier alpha value is -3.29. The van der Waals surface area contributed by atoms with Gasteiger partial charge in [-0.05, 0) is 61.8 Å². The Morgan fingerprint density at radius 3 is 2.59 bits per heavy atom. The predicted molar refractivity (Wildman–Crippen MR) is 115 cm³/mol. The number of anilines is 1. The smallest absolute Gasteiger partial charge is 0.272 e. The number of nitrogens with zero attached hydrogens (tertiary/aromatic N) is 3. The molecule has 2 rings (SSSR count). The Bertz CT molecular complexity index is 927. The van der Waals surface area contributed by atoms with Gasteiger partial charge < -0.3 is 0 Å². The summed E-state index contributed by atoms with van der Waals surface area (Å²) >= 11 is 0. The first-order valence-electron chi connectivity index (χ1n) is 9.39. The van der Waals surface area contributed by atoms with Crippen LogP contribution in [0.1, 0.15) is 47.0 Å². The van der Waals surface area contributed by atoms with E-state index in [2.05, 4.69) is 37.4 Å². The topological polar surface area (TPSA) is 111 Å². The second-order valence-corrected chi connectivity index (χ2v) is 7.78. The van der Waals surface area contributed by atoms with Gasteiger partial charge >= 0.3 is 5.69 Å². The van der Waals surface area contributed by atoms with Crippen LogP contribution in [-0.2, 0) is 0 Å². The zero-order valence-corrected chi connectivity index (χ0v) is 17.1. The number of nitro groups is 2. The van der Waals surface area contributed by atoms with Crippen molar-refractivity contribution in [2.75, 3.05) is 5.43 Å². The summed E-state index contributed by atoms with van der Waals surface area (Å²) in [4.78, 5) is 20.5. The monoisotopic (exact) mass is 398 g/mol. The van der Waals surface area contributed by atoms with Gasteiger partial charge in [-0.2, -0.15) is 5.10 Å². The molecule has 0 fully saturated rings. The van der Waals surface area contributed by atoms with Gasteiger partial charge in [-0.1, -0.05) is 31.6 Å². The Morgan fingerprint density at radius 1 is 1.24 bits per heavy atom. The summed E-state index contributed by atoms with van der Waals surface area (Å²) in [5.74, 6) is 0. The van der Waals surface area contributed by atoms with Gasteiger partial charge in [-0.25, -0.2) is 0 Å². The third kappa shape index (κ3) is 5.84. The predicted octanol–water partition coefficient (Wildman–Crippen LogP) is 5.93. The van der Waals surface area contributed by atoms with Crippen molar-refractivity contribution >= 4 is 23.3 Å². The van der Waals surface area contributed by atoms with Crippen LogP contribution in [0.25, 0.3) is 0 Å². The first kappa shape index (κ1) is 22.0. The van der Waals surface area contributed by atoms with Gasteiger partial charge in [0.05, 0.1) is 15.9 Å². The number of hydrogen-bond acceptors (Lipinski definition) is 6. The first-order chi connectivity index (χ1) is 13.6. The van der Waals surface area contributed by atoms with E-state index in [1.54, 1.807) is 6.08 Å². The first-order valence-corrected chi connectivity index (χ1v) is 9.39. The van der Waals surface area contributed by atoms with Crippen molar-refractivity contribution < 1.29 is 9.85 Å². The molecule has 0 atom stereocenters. The van der Waals surface area contributed by atoms with Crippen molar-refractivity contribution in [3.05, 3.63) is 73.4 Å². The third-order valence-corrected chi connectivity index (χ3v) is 5.04. The lowest BCUT2D eigenvalue weighted by molar-refractivity contribution is -0.393. The lowest BCUT2D eigenvalue weighted by Gasteiger charge is -2.32. The van der Waals surface area contributed by atoms with Crippen LogP contribution >= 0.6 is 0 Å². The van der Waals surface area contributed by atoms with Crippen LogP contribution in [0.3, 0.4) is 0 Å². The van der Waals surface area contributed by atoms with Gasteiger partial charge in [-0.15, -0.1) is 0 Å². The largest absolute Gasteiger partial charge is 0.301 e. The zero-order valence-electron chi connectivity index (χ0n) is 17.1. The summed E-state index contributed by atoms with van der Waals surface area (Å²) in [7, 11) is 0. The average molecular weight is 398 g/mol. The molecule has 0 aliphatic heterocycles. The highest BCUT2D eigenvalue weighted by molar-refractivity contribution is 5.75. The normalized spacial score (nSPS) is 17.2. The van der Waals surface area contributed by atoms with Crippen LogP contribution in [0.5, 0.6) is 0 Å². The van der Waals surface area contributed by atoms with E-state index in [0.717, 1.165) is 18.1 Å². The molecular formula is C21H26N4O4. The molecule has 1 aliphatic carbocycles. The van der Waals surface area contributed by atoms with Gasteiger partial charge in [0.1, 0.15) is 5.69 Å². The van der Waals surface area contributed by atoms with E-state index < -0.39 is 15.5 Å². The van der Waals surface area contributed by atoms with Crippen LogP contribution in [-0.4, -0.2) is 16.1 Å². The van der Waals surface area contributed by atoms with Crippen LogP contribution in [0, 0.1) is 25.6 Å². The van der Waals surface area contributed by atoms with Crippen molar-refractivity contribution in [2.45, 2.75) is 47.0 Å². The molecular weight excluding hydrogens is 372 g/mol. The molecule has 154 valence electrons. The third-order valence-electron chi connectivity index (χ3n) is 5.04. The van der Waals surface area contributed by atoms with E-state index in [9.17, 15) is 20.2 Å². The summed E-state index contributed by atoms with van der Waals surface area (Å²) in [6.45, 7) is 8.65. The molecule has 8 nitrogen and oxygen atoms in total. The maximum atomic E-state index is 11.1. The summed E-state index contributed by atoms with van der Waals surface area (Å²) < 4.78 is 0. The highest BCUT2D eigenvalue weighted by Crippen LogP contribution is 2.40. The molecule has 0 bridgehead atoms. The van der Waals surface area contributed by atoms with Crippen molar-refractivity contribution in [1.82, 2.24) is 0 Å². The van der Waals surface area contributed by atoms with E-state index in [1.807, 2.05) is 13.0 Å². The summed E-state index contributed by atoms with van der Waals surface area (Å²) in [6.07, 6.45) is 11.0. The molecule has 0 unspecified atom stereocenters. The van der Waals surface area contributed by atoms with E-state index in [4.69, 9.17) is 0 Å². The SMILES string of the molecule is CC1=C(/C=C/C(C)=C/C=N/Nc2ccc([N+](=O)[O-])cc2[N+](=O)[O-])C(C)(C)CCC1. The second kappa shape index (κ2) is 9.27. The highest BCUT2D eigenvalue weighted by Gasteiger charge is 2.26. The number of non-ortho nitro benzene ring substituents is 1. The van der Waals surface area contributed by atoms with Crippen molar-refractivity contribution in [3.8, 4) is 0 Å². The Morgan fingerprint density at radius 2 is 1.97 bits per heavy atom. The van der Waals surface area contributed by atoms with Gasteiger partial charge in [0.25, 0.3) is 5.69 Å². The molecule has 1 N–H and O–H groups in total. The molecule has 1 aliphatic rings. The lowest BCUT2D eigenvalue weighted by Crippen LogP contribution is -2.19. The van der Waals surface area contributed by atoms with Crippen LogP contribution in [0.15, 0.2) is 58.2 Å². The number of benzene rings is 1. The minimum atomic E-state index is -0.684. The van der Waals surface area contributed by atoms with Crippen LogP contribution in [0.2, 0.25) is 0 Å². The minimum Gasteiger partial charge on any atom is -0.272 e. The molecule has 0 aromatic heterocycles. The molecule has 0 saturated carbocycles. The average Bonchev–Trinajstić information content (AvgIpc) is 2.64. The number of allylic oxidation sites excluding steroid dienone is 6. The Labute approximate surface area is 170 Å². The van der Waals surface area contributed by atoms with Crippen molar-refractivity contribution in [3.63, 3.8) is 0 Å². The molecule has 0 heterocycles. The molecule has 1 aromatic carbocycles. The van der Waals surface area contributed by atoms with Crippen molar-refractivity contribution in [1.29, 1.82) is 0 Å². The quantitative estimate of drug-likeness (QED) is 0.265. The number of hydrogen-bond donors (Lipinski definition) is 1. The van der Waals surface area contributed by atoms with Gasteiger partial charge in [0.2, 0.25) is 0 Å². The molecule has 29 heavy (non-hydrogen) atoms. The molecule has 0 spiro atoms. The molecule has 0 amide bonds. The number of rotatable bonds is 7. The molecule has 1 aromatic rings. The fourth-order valence-electron chi connectivity index (χ4n) is 3.42. The lowest BCUT2D eigenvalue weighted by atomic mass is 9.72. The summed E-state index contributed by atoms with van der Waals surface area (Å²) in [5.41, 5.74) is 5.85. The number of nitrogens with one attached hydrogen (secondary N) is 1. The van der Waals surface area contributed by atoms with E-state index in [1.165, 1.54) is 42.3 Å². The fourth-order valence-corrected chi connectivity index (χ4v) is 3.42. The minimum absolute atomic E-state index is 0.0863. The van der Waals surface area contributed by atoms with Gasteiger partial charge in [0, 0.05) is 12.3 Å². The van der Waals surface area contributed by atoms with E-state index >= 15 is 0 Å². The Balaban J connectivity index is 2.08. The standard InChI is InChI=1S/C21H26N4O4/c1-15(7-9-18-16(2)6-5-12-21(18,3)4)11-13-22-23-19-10-8-17(24(26)27)14-20(19)25(28)29/h7-11,13-14,23H,5-6,12H2,1-4H3/b9-7+,15-11+,22-13+. The number of hydrazone groups is 1. The second-order valence-electron chi connectivity index (χ2n) is 7.78. The van der Waals surface area contributed by atoms with Crippen molar-refractivity contribution in [2.24, 2.45) is 10.5 Å². The van der Waals surface area contributed by atoms with Gasteiger partial charge in [-0.3, -0.25) is 25.7 Å². The molecule has 0 radical (unpaired) electrons. The summed E-state index contributed by atoms with van der Waals surface area (Å²) in [6, 6.07) is 3.37. The van der Waals surface area contributed by atoms with E-state index in [-0.39, 0.29) is 16.8 Å². The fraction of sp³-hybridized carbons (Fsp3) is 0.381. The number of nitro benzene ring substituents is 2. The van der Waals surface area contributed by atoms with Crippen LogP contribution < -0.4 is 5.43 Å². The highest BCUT2D eigenvalue weighted by atomic mass is 16.6. The van der Waals surface area contributed by atoms with Crippen LogP contribution in [0.4, 0.5) is 17.1 Å². The maximum absolute atomic E-state index is 11.1. The van der Waals surface area contributed by atoms with Gasteiger partial charge in [0.15, 0.2) is 0 Å². The zero-order chi connectivity index (χ0) is 21.6. The molecule has 8 heteroatoms. The summed E-state index contributed by atoms with van der Waals surface area (Å²) in [5, 5.41) is 25.9. The molecule has 0 saturated heterocycles.